The molecule has 0 heterocycles. The van der Waals surface area contributed by atoms with Crippen molar-refractivity contribution in [3.63, 3.8) is 0 Å². The molecule has 1 aromatic rings. The van der Waals surface area contributed by atoms with E-state index in [-0.39, 0.29) is 17.6 Å². The lowest BCUT2D eigenvalue weighted by molar-refractivity contribution is 0.246. The van der Waals surface area contributed by atoms with E-state index in [4.69, 9.17) is 0 Å². The maximum atomic E-state index is 10.3. The van der Waals surface area contributed by atoms with Gasteiger partial charge in [0.05, 0.1) is 0 Å². The summed E-state index contributed by atoms with van der Waals surface area (Å²) in [5, 5.41) is 9.44. The monoisotopic (exact) mass is 252 g/mol. The SMILES string of the molecule is CC(C)(C[C@@H](CO)c1ccccc1)[Si](C)(C)O. The molecule has 1 rings (SSSR count). The van der Waals surface area contributed by atoms with E-state index < -0.39 is 8.32 Å². The maximum absolute atomic E-state index is 10.3. The van der Waals surface area contributed by atoms with Crippen LogP contribution in [-0.2, 0) is 0 Å². The Bertz CT molecular complexity index is 341. The Balaban J connectivity index is 2.85. The van der Waals surface area contributed by atoms with E-state index in [0.29, 0.717) is 0 Å². The first-order valence-corrected chi connectivity index (χ1v) is 9.11. The second-order valence-electron chi connectivity index (χ2n) is 5.94. The first-order chi connectivity index (χ1) is 7.78. The van der Waals surface area contributed by atoms with Gasteiger partial charge < -0.3 is 9.90 Å². The normalized spacial score (nSPS) is 14.7. The van der Waals surface area contributed by atoms with Crippen LogP contribution in [0.2, 0.25) is 18.1 Å². The van der Waals surface area contributed by atoms with Crippen LogP contribution in [0.3, 0.4) is 0 Å². The van der Waals surface area contributed by atoms with Crippen molar-refractivity contribution < 1.29 is 9.90 Å². The lowest BCUT2D eigenvalue weighted by atomic mass is 9.90. The molecule has 3 heteroatoms. The van der Waals surface area contributed by atoms with Gasteiger partial charge in [0.25, 0.3) is 0 Å². The fraction of sp³-hybridized carbons (Fsp3) is 0.571. The molecular weight excluding hydrogens is 228 g/mol. The van der Waals surface area contributed by atoms with Crippen molar-refractivity contribution in [2.75, 3.05) is 6.61 Å². The summed E-state index contributed by atoms with van der Waals surface area (Å²) in [6.45, 7) is 8.27. The number of aliphatic hydroxyl groups is 1. The number of benzene rings is 1. The smallest absolute Gasteiger partial charge is 0.188 e. The number of hydrogen-bond acceptors (Lipinski definition) is 2. The predicted molar refractivity (Wildman–Crippen MR) is 74.6 cm³/mol. The van der Waals surface area contributed by atoms with E-state index >= 15 is 0 Å². The van der Waals surface area contributed by atoms with Gasteiger partial charge in [-0.15, -0.1) is 0 Å². The Labute approximate surface area is 105 Å². The van der Waals surface area contributed by atoms with Crippen molar-refractivity contribution in [3.8, 4) is 0 Å². The Morgan fingerprint density at radius 2 is 1.71 bits per heavy atom. The van der Waals surface area contributed by atoms with E-state index in [1.165, 1.54) is 0 Å². The van der Waals surface area contributed by atoms with Crippen molar-refractivity contribution in [1.82, 2.24) is 0 Å². The van der Waals surface area contributed by atoms with Gasteiger partial charge in [-0.25, -0.2) is 0 Å². The average Bonchev–Trinajstić information content (AvgIpc) is 2.25. The molecule has 0 saturated carbocycles. The summed E-state index contributed by atoms with van der Waals surface area (Å²) in [6.07, 6.45) is 0.823. The lowest BCUT2D eigenvalue weighted by Gasteiger charge is -2.37. The molecule has 0 bridgehead atoms. The molecule has 0 unspecified atom stereocenters. The van der Waals surface area contributed by atoms with Gasteiger partial charge in [-0.1, -0.05) is 44.2 Å². The molecule has 0 fully saturated rings. The van der Waals surface area contributed by atoms with E-state index in [0.717, 1.165) is 12.0 Å². The first-order valence-electron chi connectivity index (χ1n) is 6.16. The minimum atomic E-state index is -2.21. The summed E-state index contributed by atoms with van der Waals surface area (Å²) in [7, 11) is -2.21. The van der Waals surface area contributed by atoms with E-state index in [1.807, 2.05) is 43.4 Å². The molecule has 1 atom stereocenters. The van der Waals surface area contributed by atoms with E-state index in [9.17, 15) is 9.90 Å². The minimum Gasteiger partial charge on any atom is -0.432 e. The first kappa shape index (κ1) is 14.4. The van der Waals surface area contributed by atoms with Crippen LogP contribution in [0.5, 0.6) is 0 Å². The van der Waals surface area contributed by atoms with Gasteiger partial charge >= 0.3 is 0 Å². The zero-order valence-corrected chi connectivity index (χ0v) is 12.3. The summed E-state index contributed by atoms with van der Waals surface area (Å²) in [5.41, 5.74) is 1.15. The standard InChI is InChI=1S/C14H24O2Si/c1-14(2,17(3,4)16)10-13(11-15)12-8-6-5-7-9-12/h5-9,13,15-16H,10-11H2,1-4H3/t13-/m0/s1. The van der Waals surface area contributed by atoms with Gasteiger partial charge in [-0.2, -0.15) is 0 Å². The largest absolute Gasteiger partial charge is 0.432 e. The zero-order chi connectivity index (χ0) is 13.1. The summed E-state index contributed by atoms with van der Waals surface area (Å²) >= 11 is 0. The van der Waals surface area contributed by atoms with Crippen molar-refractivity contribution in [1.29, 1.82) is 0 Å². The second-order valence-corrected chi connectivity index (χ2v) is 10.4. The van der Waals surface area contributed by atoms with Crippen molar-refractivity contribution in [2.45, 2.75) is 44.3 Å². The number of hydrogen-bond donors (Lipinski definition) is 2. The summed E-state index contributed by atoms with van der Waals surface area (Å²) in [4.78, 5) is 10.3. The molecular formula is C14H24O2Si. The Kier molecular flexibility index (Phi) is 4.53. The quantitative estimate of drug-likeness (QED) is 0.790. The van der Waals surface area contributed by atoms with Crippen molar-refractivity contribution >= 4 is 8.32 Å². The summed E-state index contributed by atoms with van der Waals surface area (Å²) in [5.74, 6) is 0.116. The van der Waals surface area contributed by atoms with Crippen LogP contribution >= 0.6 is 0 Å². The molecule has 0 aliphatic carbocycles. The van der Waals surface area contributed by atoms with E-state index in [1.54, 1.807) is 0 Å². The third-order valence-corrected chi connectivity index (χ3v) is 7.42. The Morgan fingerprint density at radius 3 is 2.12 bits per heavy atom. The fourth-order valence-corrected chi connectivity index (χ4v) is 2.62. The Morgan fingerprint density at radius 1 is 1.18 bits per heavy atom. The van der Waals surface area contributed by atoms with Gasteiger partial charge in [-0.3, -0.25) is 0 Å². The van der Waals surface area contributed by atoms with Crippen LogP contribution in [-0.4, -0.2) is 24.8 Å². The van der Waals surface area contributed by atoms with Gasteiger partial charge in [0.2, 0.25) is 0 Å². The third kappa shape index (κ3) is 3.66. The van der Waals surface area contributed by atoms with Crippen LogP contribution in [0.1, 0.15) is 31.7 Å². The van der Waals surface area contributed by atoms with Crippen LogP contribution in [0, 0.1) is 0 Å². The molecule has 2 nitrogen and oxygen atoms in total. The van der Waals surface area contributed by atoms with Crippen LogP contribution in [0.25, 0.3) is 0 Å². The lowest BCUT2D eigenvalue weighted by Crippen LogP contribution is -2.40. The molecule has 17 heavy (non-hydrogen) atoms. The molecule has 0 aliphatic rings. The highest BCUT2D eigenvalue weighted by molar-refractivity contribution is 6.72. The second kappa shape index (κ2) is 5.34. The van der Waals surface area contributed by atoms with Gasteiger partial charge in [0, 0.05) is 12.5 Å². The highest BCUT2D eigenvalue weighted by Crippen LogP contribution is 2.43. The third-order valence-electron chi connectivity index (χ3n) is 3.90. The van der Waals surface area contributed by atoms with Crippen LogP contribution in [0.15, 0.2) is 30.3 Å². The maximum Gasteiger partial charge on any atom is 0.188 e. The molecule has 96 valence electrons. The highest BCUT2D eigenvalue weighted by Gasteiger charge is 2.39. The molecule has 2 N–H and O–H groups in total. The average molecular weight is 252 g/mol. The summed E-state index contributed by atoms with van der Waals surface area (Å²) < 4.78 is 0. The van der Waals surface area contributed by atoms with Gasteiger partial charge in [0.15, 0.2) is 8.32 Å². The highest BCUT2D eigenvalue weighted by atomic mass is 28.4. The molecule has 0 saturated heterocycles. The minimum absolute atomic E-state index is 0.101. The zero-order valence-electron chi connectivity index (χ0n) is 11.3. The number of rotatable bonds is 5. The fourth-order valence-electron chi connectivity index (χ4n) is 1.88. The van der Waals surface area contributed by atoms with Crippen LogP contribution < -0.4 is 0 Å². The number of aliphatic hydroxyl groups excluding tert-OH is 1. The predicted octanol–water partition coefficient (Wildman–Crippen LogP) is 3.13. The molecule has 1 aromatic carbocycles. The molecule has 0 aliphatic heterocycles. The van der Waals surface area contributed by atoms with Gasteiger partial charge in [0.1, 0.15) is 0 Å². The van der Waals surface area contributed by atoms with E-state index in [2.05, 4.69) is 13.8 Å². The van der Waals surface area contributed by atoms with Crippen molar-refractivity contribution in [2.24, 2.45) is 0 Å². The van der Waals surface area contributed by atoms with Crippen LogP contribution in [0.4, 0.5) is 0 Å². The van der Waals surface area contributed by atoms with Gasteiger partial charge in [-0.05, 0) is 30.1 Å². The molecule has 0 spiro atoms. The Hall–Kier alpha value is -0.643. The topological polar surface area (TPSA) is 40.5 Å². The summed E-state index contributed by atoms with van der Waals surface area (Å²) in [6, 6.07) is 10.1. The van der Waals surface area contributed by atoms with Crippen molar-refractivity contribution in [3.05, 3.63) is 35.9 Å². The molecule has 0 aromatic heterocycles. The molecule has 0 amide bonds. The molecule has 0 radical (unpaired) electrons.